The van der Waals surface area contributed by atoms with Crippen molar-refractivity contribution in [3.05, 3.63) is 87.6 Å². The predicted molar refractivity (Wildman–Crippen MR) is 112 cm³/mol. The highest BCUT2D eigenvalue weighted by atomic mass is 19.1. The molecule has 0 saturated carbocycles. The lowest BCUT2D eigenvalue weighted by molar-refractivity contribution is -0.122. The number of nitrogens with zero attached hydrogens (tertiary/aromatic N) is 2. The molecule has 2 N–H and O–H groups in total. The molecule has 0 spiro atoms. The summed E-state index contributed by atoms with van der Waals surface area (Å²) in [4.78, 5) is 30.3. The van der Waals surface area contributed by atoms with Crippen LogP contribution in [-0.4, -0.2) is 27.2 Å². The Hall–Kier alpha value is -3.32. The van der Waals surface area contributed by atoms with Crippen molar-refractivity contribution in [1.82, 2.24) is 14.9 Å². The van der Waals surface area contributed by atoms with Gasteiger partial charge in [-0.25, -0.2) is 9.37 Å². The summed E-state index contributed by atoms with van der Waals surface area (Å²) >= 11 is 0. The van der Waals surface area contributed by atoms with E-state index < -0.39 is 11.4 Å². The number of aliphatic hydroxyl groups excluding tert-OH is 1. The molecule has 156 valence electrons. The maximum absolute atomic E-state index is 13.4. The Morgan fingerprint density at radius 2 is 1.83 bits per heavy atom. The molecular formula is C23H24FN3O3. The first-order valence-electron chi connectivity index (χ1n) is 9.72. The number of halogens is 1. The summed E-state index contributed by atoms with van der Waals surface area (Å²) in [5.74, 6) is -0.477. The summed E-state index contributed by atoms with van der Waals surface area (Å²) in [6.45, 7) is 3.10. The van der Waals surface area contributed by atoms with Gasteiger partial charge in [-0.05, 0) is 43.7 Å². The van der Waals surface area contributed by atoms with Gasteiger partial charge in [-0.2, -0.15) is 0 Å². The molecule has 0 aliphatic heterocycles. The highest BCUT2D eigenvalue weighted by molar-refractivity contribution is 5.77. The molecule has 30 heavy (non-hydrogen) atoms. The molecular weight excluding hydrogens is 385 g/mol. The molecule has 0 saturated heterocycles. The Morgan fingerprint density at radius 3 is 2.47 bits per heavy atom. The van der Waals surface area contributed by atoms with Crippen LogP contribution in [0.1, 0.15) is 29.8 Å². The molecule has 2 aromatic carbocycles. The van der Waals surface area contributed by atoms with Crippen LogP contribution in [-0.2, 0) is 17.8 Å². The van der Waals surface area contributed by atoms with E-state index in [-0.39, 0.29) is 37.3 Å². The fraction of sp³-hybridized carbons (Fsp3) is 0.261. The first-order chi connectivity index (χ1) is 14.4. The Morgan fingerprint density at radius 1 is 1.17 bits per heavy atom. The lowest BCUT2D eigenvalue weighted by atomic mass is 10.1. The van der Waals surface area contributed by atoms with Crippen LogP contribution in [0, 0.1) is 12.7 Å². The van der Waals surface area contributed by atoms with Gasteiger partial charge in [0.1, 0.15) is 18.2 Å². The number of hydrogen-bond donors (Lipinski definition) is 2. The van der Waals surface area contributed by atoms with E-state index in [1.807, 2.05) is 37.3 Å². The quantitative estimate of drug-likeness (QED) is 0.629. The van der Waals surface area contributed by atoms with Gasteiger partial charge in [0.25, 0.3) is 5.56 Å². The number of carbonyl (C=O) groups excluding carboxylic acids is 1. The molecule has 1 amide bonds. The van der Waals surface area contributed by atoms with Crippen LogP contribution in [0.2, 0.25) is 0 Å². The smallest absolute Gasteiger partial charge is 0.257 e. The van der Waals surface area contributed by atoms with Gasteiger partial charge in [-0.1, -0.05) is 30.3 Å². The second-order valence-electron chi connectivity index (χ2n) is 7.07. The molecule has 0 fully saturated rings. The minimum Gasteiger partial charge on any atom is -0.396 e. The van der Waals surface area contributed by atoms with Crippen LogP contribution in [0.25, 0.3) is 11.4 Å². The zero-order valence-electron chi connectivity index (χ0n) is 16.9. The predicted octanol–water partition coefficient (Wildman–Crippen LogP) is 2.77. The number of amides is 1. The van der Waals surface area contributed by atoms with Crippen molar-refractivity contribution < 1.29 is 14.3 Å². The number of hydrogen-bond acceptors (Lipinski definition) is 4. The topological polar surface area (TPSA) is 84.2 Å². The zero-order chi connectivity index (χ0) is 21.7. The third-order valence-electron chi connectivity index (χ3n) is 4.91. The molecule has 7 heteroatoms. The van der Waals surface area contributed by atoms with Crippen molar-refractivity contribution in [3.63, 3.8) is 0 Å². The van der Waals surface area contributed by atoms with Gasteiger partial charge in [-0.15, -0.1) is 0 Å². The van der Waals surface area contributed by atoms with Gasteiger partial charge in [0.15, 0.2) is 0 Å². The molecule has 0 bridgehead atoms. The van der Waals surface area contributed by atoms with Gasteiger partial charge in [-0.3, -0.25) is 14.2 Å². The first-order valence-corrected chi connectivity index (χ1v) is 9.72. The number of aromatic nitrogens is 2. The summed E-state index contributed by atoms with van der Waals surface area (Å²) in [5.41, 5.74) is 1.91. The van der Waals surface area contributed by atoms with Crippen molar-refractivity contribution >= 4 is 5.91 Å². The van der Waals surface area contributed by atoms with Crippen LogP contribution in [0.3, 0.4) is 0 Å². The fourth-order valence-corrected chi connectivity index (χ4v) is 3.32. The van der Waals surface area contributed by atoms with E-state index in [9.17, 15) is 19.1 Å². The molecule has 3 rings (SSSR count). The molecule has 1 aromatic heterocycles. The molecule has 0 radical (unpaired) electrons. The first kappa shape index (κ1) is 21.4. The van der Waals surface area contributed by atoms with Crippen LogP contribution >= 0.6 is 0 Å². The van der Waals surface area contributed by atoms with Gasteiger partial charge in [0.05, 0.1) is 6.04 Å². The Kier molecular flexibility index (Phi) is 6.74. The average molecular weight is 409 g/mol. The fourth-order valence-electron chi connectivity index (χ4n) is 3.32. The van der Waals surface area contributed by atoms with Crippen LogP contribution in [0.4, 0.5) is 4.39 Å². The lowest BCUT2D eigenvalue weighted by Gasteiger charge is -2.18. The monoisotopic (exact) mass is 409 g/mol. The molecule has 0 unspecified atom stereocenters. The van der Waals surface area contributed by atoms with Crippen molar-refractivity contribution in [2.45, 2.75) is 32.9 Å². The van der Waals surface area contributed by atoms with Crippen molar-refractivity contribution in [3.8, 4) is 11.4 Å². The van der Waals surface area contributed by atoms with E-state index >= 15 is 0 Å². The number of rotatable bonds is 7. The number of carbonyl (C=O) groups is 1. The standard InChI is InChI=1S/C23H24FN3O3/c1-15(17-6-4-3-5-7-17)25-21(29)14-27-22(18-8-10-19(24)11-9-18)26-16(2)20(12-13-28)23(27)30/h3-11,15,28H,12-14H2,1-2H3,(H,25,29)/t15-/m0/s1. The second kappa shape index (κ2) is 9.45. The molecule has 0 aliphatic rings. The van der Waals surface area contributed by atoms with Crippen molar-refractivity contribution in [2.75, 3.05) is 6.61 Å². The largest absolute Gasteiger partial charge is 0.396 e. The molecule has 1 heterocycles. The Labute approximate surface area is 174 Å². The van der Waals surface area contributed by atoms with Crippen LogP contribution in [0.15, 0.2) is 59.4 Å². The van der Waals surface area contributed by atoms with E-state index in [0.717, 1.165) is 5.56 Å². The highest BCUT2D eigenvalue weighted by Gasteiger charge is 2.19. The second-order valence-corrected chi connectivity index (χ2v) is 7.07. The molecule has 3 aromatic rings. The summed E-state index contributed by atoms with van der Waals surface area (Å²) in [6, 6.07) is 14.8. The van der Waals surface area contributed by atoms with Crippen LogP contribution in [0.5, 0.6) is 0 Å². The van der Waals surface area contributed by atoms with Gasteiger partial charge >= 0.3 is 0 Å². The number of aryl methyl sites for hydroxylation is 1. The Bertz CT molecular complexity index is 1080. The maximum Gasteiger partial charge on any atom is 0.257 e. The van der Waals surface area contributed by atoms with E-state index in [4.69, 9.17) is 0 Å². The number of benzene rings is 2. The summed E-state index contributed by atoms with van der Waals surface area (Å²) < 4.78 is 14.6. The van der Waals surface area contributed by atoms with Gasteiger partial charge < -0.3 is 10.4 Å². The van der Waals surface area contributed by atoms with E-state index in [0.29, 0.717) is 16.8 Å². The normalized spacial score (nSPS) is 11.9. The summed E-state index contributed by atoms with van der Waals surface area (Å²) in [7, 11) is 0. The maximum atomic E-state index is 13.4. The lowest BCUT2D eigenvalue weighted by Crippen LogP contribution is -2.36. The van der Waals surface area contributed by atoms with Crippen molar-refractivity contribution in [2.24, 2.45) is 0 Å². The SMILES string of the molecule is Cc1nc(-c2ccc(F)cc2)n(CC(=O)N[C@@H](C)c2ccccc2)c(=O)c1CCO. The third-order valence-corrected chi connectivity index (χ3v) is 4.91. The minimum atomic E-state index is -0.407. The number of nitrogens with one attached hydrogen (secondary N) is 1. The average Bonchev–Trinajstić information content (AvgIpc) is 2.74. The van der Waals surface area contributed by atoms with E-state index in [2.05, 4.69) is 10.3 Å². The highest BCUT2D eigenvalue weighted by Crippen LogP contribution is 2.18. The molecule has 0 aliphatic carbocycles. The summed E-state index contributed by atoms with van der Waals surface area (Å²) in [6.07, 6.45) is 0.142. The molecule has 1 atom stereocenters. The van der Waals surface area contributed by atoms with E-state index in [1.54, 1.807) is 6.92 Å². The van der Waals surface area contributed by atoms with Crippen LogP contribution < -0.4 is 10.9 Å². The summed E-state index contributed by atoms with van der Waals surface area (Å²) in [5, 5.41) is 12.2. The molecule has 6 nitrogen and oxygen atoms in total. The number of aliphatic hydroxyl groups is 1. The zero-order valence-corrected chi connectivity index (χ0v) is 16.9. The van der Waals surface area contributed by atoms with Gasteiger partial charge in [0, 0.05) is 29.8 Å². The van der Waals surface area contributed by atoms with Gasteiger partial charge in [0.2, 0.25) is 5.91 Å². The van der Waals surface area contributed by atoms with Crippen molar-refractivity contribution in [1.29, 1.82) is 0 Å². The minimum absolute atomic E-state index is 0.142. The third kappa shape index (κ3) is 4.80. The Balaban J connectivity index is 1.96. The van der Waals surface area contributed by atoms with E-state index in [1.165, 1.54) is 28.8 Å².